The molecule has 0 saturated heterocycles. The van der Waals surface area contributed by atoms with E-state index in [-0.39, 0.29) is 5.60 Å². The maximum atomic E-state index is 5.83. The monoisotopic (exact) mass is 213 g/mol. The summed E-state index contributed by atoms with van der Waals surface area (Å²) in [7, 11) is 1.81. The lowest BCUT2D eigenvalue weighted by Crippen LogP contribution is -2.30. The lowest BCUT2D eigenvalue weighted by Gasteiger charge is -2.33. The SMILES string of the molecule is COC(C)(C)CCC1CCCCC1CN. The predicted molar refractivity (Wildman–Crippen MR) is 64.8 cm³/mol. The molecule has 1 rings (SSSR count). The van der Waals surface area contributed by atoms with Crippen molar-refractivity contribution >= 4 is 0 Å². The lowest BCUT2D eigenvalue weighted by atomic mass is 9.76. The van der Waals surface area contributed by atoms with Gasteiger partial charge >= 0.3 is 0 Å². The summed E-state index contributed by atoms with van der Waals surface area (Å²) >= 11 is 0. The Bertz CT molecular complexity index is 179. The molecule has 0 aromatic heterocycles. The highest BCUT2D eigenvalue weighted by molar-refractivity contribution is 4.79. The number of rotatable bonds is 5. The Morgan fingerprint density at radius 2 is 1.80 bits per heavy atom. The summed E-state index contributed by atoms with van der Waals surface area (Å²) in [5, 5.41) is 0. The van der Waals surface area contributed by atoms with Gasteiger partial charge in [-0.25, -0.2) is 0 Å². The second-order valence-corrected chi connectivity index (χ2v) is 5.54. The van der Waals surface area contributed by atoms with Crippen molar-refractivity contribution in [3.05, 3.63) is 0 Å². The lowest BCUT2D eigenvalue weighted by molar-refractivity contribution is 0.00650. The van der Waals surface area contributed by atoms with Crippen LogP contribution in [-0.4, -0.2) is 19.3 Å². The summed E-state index contributed by atoms with van der Waals surface area (Å²) in [6.07, 6.45) is 7.93. The van der Waals surface area contributed by atoms with Crippen LogP contribution in [0.5, 0.6) is 0 Å². The molecule has 1 saturated carbocycles. The molecule has 15 heavy (non-hydrogen) atoms. The number of methoxy groups -OCH3 is 1. The van der Waals surface area contributed by atoms with Crippen molar-refractivity contribution < 1.29 is 4.74 Å². The van der Waals surface area contributed by atoms with Crippen LogP contribution in [0.4, 0.5) is 0 Å². The molecule has 2 heteroatoms. The third kappa shape index (κ3) is 4.12. The van der Waals surface area contributed by atoms with E-state index in [2.05, 4.69) is 13.8 Å². The largest absolute Gasteiger partial charge is 0.379 e. The fourth-order valence-electron chi connectivity index (χ4n) is 2.61. The van der Waals surface area contributed by atoms with E-state index in [4.69, 9.17) is 10.5 Å². The maximum Gasteiger partial charge on any atom is 0.0622 e. The molecular formula is C13H27NO. The van der Waals surface area contributed by atoms with E-state index in [1.165, 1.54) is 32.1 Å². The minimum absolute atomic E-state index is 0.0383. The Balaban J connectivity index is 2.35. The van der Waals surface area contributed by atoms with Gasteiger partial charge in [0.05, 0.1) is 5.60 Å². The first-order valence-corrected chi connectivity index (χ1v) is 6.34. The van der Waals surface area contributed by atoms with Crippen LogP contribution in [0.25, 0.3) is 0 Å². The molecule has 90 valence electrons. The Morgan fingerprint density at radius 1 is 1.20 bits per heavy atom. The Morgan fingerprint density at radius 3 is 2.33 bits per heavy atom. The molecule has 2 unspecified atom stereocenters. The van der Waals surface area contributed by atoms with Crippen LogP contribution in [0.3, 0.4) is 0 Å². The Hall–Kier alpha value is -0.0800. The standard InChI is InChI=1S/C13H27NO/c1-13(2,15-3)9-8-11-6-4-5-7-12(11)10-14/h11-12H,4-10,14H2,1-3H3. The van der Waals surface area contributed by atoms with E-state index in [1.807, 2.05) is 0 Å². The first-order valence-electron chi connectivity index (χ1n) is 6.34. The molecule has 0 aliphatic heterocycles. The molecule has 2 atom stereocenters. The van der Waals surface area contributed by atoms with Gasteiger partial charge in [-0.15, -0.1) is 0 Å². The number of ether oxygens (including phenoxy) is 1. The van der Waals surface area contributed by atoms with Gasteiger partial charge < -0.3 is 10.5 Å². The van der Waals surface area contributed by atoms with E-state index in [9.17, 15) is 0 Å². The van der Waals surface area contributed by atoms with Gasteiger partial charge in [-0.05, 0) is 51.5 Å². The average molecular weight is 213 g/mol. The van der Waals surface area contributed by atoms with Gasteiger partial charge in [0.2, 0.25) is 0 Å². The molecule has 0 aromatic carbocycles. The minimum atomic E-state index is 0.0383. The molecule has 1 fully saturated rings. The van der Waals surface area contributed by atoms with Gasteiger partial charge in [0, 0.05) is 7.11 Å². The van der Waals surface area contributed by atoms with Crippen LogP contribution >= 0.6 is 0 Å². The van der Waals surface area contributed by atoms with Crippen LogP contribution < -0.4 is 5.73 Å². The van der Waals surface area contributed by atoms with Crippen molar-refractivity contribution in [1.82, 2.24) is 0 Å². The highest BCUT2D eigenvalue weighted by Gasteiger charge is 2.26. The normalized spacial score (nSPS) is 28.0. The van der Waals surface area contributed by atoms with E-state index in [0.29, 0.717) is 0 Å². The van der Waals surface area contributed by atoms with Gasteiger partial charge in [0.25, 0.3) is 0 Å². The van der Waals surface area contributed by atoms with Crippen LogP contribution in [0.15, 0.2) is 0 Å². The summed E-state index contributed by atoms with van der Waals surface area (Å²) in [5.74, 6) is 1.62. The minimum Gasteiger partial charge on any atom is -0.379 e. The summed E-state index contributed by atoms with van der Waals surface area (Å²) in [4.78, 5) is 0. The van der Waals surface area contributed by atoms with E-state index in [1.54, 1.807) is 7.11 Å². The summed E-state index contributed by atoms with van der Waals surface area (Å²) in [6.45, 7) is 5.22. The molecule has 1 aliphatic rings. The number of hydrogen-bond acceptors (Lipinski definition) is 2. The topological polar surface area (TPSA) is 35.2 Å². The molecule has 0 radical (unpaired) electrons. The summed E-state index contributed by atoms with van der Waals surface area (Å²) in [6, 6.07) is 0. The highest BCUT2D eigenvalue weighted by atomic mass is 16.5. The van der Waals surface area contributed by atoms with Crippen molar-refractivity contribution in [2.45, 2.75) is 58.0 Å². The quantitative estimate of drug-likeness (QED) is 0.762. The van der Waals surface area contributed by atoms with Crippen molar-refractivity contribution in [2.24, 2.45) is 17.6 Å². The molecule has 1 aliphatic carbocycles. The number of nitrogens with two attached hydrogens (primary N) is 1. The van der Waals surface area contributed by atoms with Crippen molar-refractivity contribution in [2.75, 3.05) is 13.7 Å². The first kappa shape index (κ1) is 13.0. The van der Waals surface area contributed by atoms with E-state index < -0.39 is 0 Å². The molecule has 2 N–H and O–H groups in total. The molecule has 0 heterocycles. The van der Waals surface area contributed by atoms with Gasteiger partial charge in [-0.2, -0.15) is 0 Å². The van der Waals surface area contributed by atoms with Crippen LogP contribution in [0, 0.1) is 11.8 Å². The fourth-order valence-corrected chi connectivity index (χ4v) is 2.61. The summed E-state index contributed by atoms with van der Waals surface area (Å²) in [5.41, 5.74) is 5.87. The smallest absolute Gasteiger partial charge is 0.0622 e. The average Bonchev–Trinajstić information content (AvgIpc) is 2.27. The molecule has 2 nitrogen and oxygen atoms in total. The zero-order valence-corrected chi connectivity index (χ0v) is 10.6. The number of hydrogen-bond donors (Lipinski definition) is 1. The highest BCUT2D eigenvalue weighted by Crippen LogP contribution is 2.34. The van der Waals surface area contributed by atoms with Gasteiger partial charge in [-0.3, -0.25) is 0 Å². The molecule has 0 spiro atoms. The van der Waals surface area contributed by atoms with E-state index in [0.717, 1.165) is 24.8 Å². The van der Waals surface area contributed by atoms with Gasteiger partial charge in [0.15, 0.2) is 0 Å². The molecule has 0 amide bonds. The van der Waals surface area contributed by atoms with Crippen LogP contribution in [-0.2, 0) is 4.74 Å². The second kappa shape index (κ2) is 5.86. The third-order valence-corrected chi connectivity index (χ3v) is 4.04. The third-order valence-electron chi connectivity index (χ3n) is 4.04. The summed E-state index contributed by atoms with van der Waals surface area (Å²) < 4.78 is 5.47. The van der Waals surface area contributed by atoms with Crippen molar-refractivity contribution in [3.8, 4) is 0 Å². The molecule has 0 aromatic rings. The van der Waals surface area contributed by atoms with Crippen molar-refractivity contribution in [3.63, 3.8) is 0 Å². The Kier molecular flexibility index (Phi) is 5.07. The zero-order valence-electron chi connectivity index (χ0n) is 10.6. The fraction of sp³-hybridized carbons (Fsp3) is 1.00. The molecule has 0 bridgehead atoms. The zero-order chi connectivity index (χ0) is 11.3. The van der Waals surface area contributed by atoms with Crippen molar-refractivity contribution in [1.29, 1.82) is 0 Å². The van der Waals surface area contributed by atoms with Crippen LogP contribution in [0.2, 0.25) is 0 Å². The predicted octanol–water partition coefficient (Wildman–Crippen LogP) is 2.96. The maximum absolute atomic E-state index is 5.83. The first-order chi connectivity index (χ1) is 7.09. The second-order valence-electron chi connectivity index (χ2n) is 5.54. The van der Waals surface area contributed by atoms with Gasteiger partial charge in [0.1, 0.15) is 0 Å². The molecular weight excluding hydrogens is 186 g/mol. The van der Waals surface area contributed by atoms with Crippen LogP contribution in [0.1, 0.15) is 52.4 Å². The van der Waals surface area contributed by atoms with Gasteiger partial charge in [-0.1, -0.05) is 19.3 Å². The van der Waals surface area contributed by atoms with E-state index >= 15 is 0 Å². The Labute approximate surface area is 94.6 Å².